The van der Waals surface area contributed by atoms with Crippen LogP contribution in [0.15, 0.2) is 0 Å². The molecule has 30 heavy (non-hydrogen) atoms. The molecule has 4 aliphatic carbocycles. The van der Waals surface area contributed by atoms with Gasteiger partial charge in [0.25, 0.3) is 0 Å². The summed E-state index contributed by atoms with van der Waals surface area (Å²) in [7, 11) is 7.64. The summed E-state index contributed by atoms with van der Waals surface area (Å²) in [6, 6.07) is 0. The second-order valence-corrected chi connectivity index (χ2v) is 17.0. The van der Waals surface area contributed by atoms with Gasteiger partial charge in [-0.15, -0.1) is 0 Å². The number of hydrogen-bond donors (Lipinski definition) is 2. The summed E-state index contributed by atoms with van der Waals surface area (Å²) in [5, 5.41) is 0. The van der Waals surface area contributed by atoms with E-state index in [1.54, 1.807) is 0 Å². The van der Waals surface area contributed by atoms with Crippen molar-refractivity contribution in [1.82, 2.24) is 0 Å². The second-order valence-electron chi connectivity index (χ2n) is 9.98. The zero-order valence-corrected chi connectivity index (χ0v) is 22.3. The van der Waals surface area contributed by atoms with Crippen molar-refractivity contribution in [1.29, 1.82) is 0 Å². The molecule has 0 amide bonds. The third-order valence-electron chi connectivity index (χ3n) is 8.14. The van der Waals surface area contributed by atoms with Gasteiger partial charge < -0.3 is 9.11 Å². The Labute approximate surface area is 202 Å². The molecule has 0 aromatic carbocycles. The minimum Gasteiger partial charge on any atom is -0.306 e. The van der Waals surface area contributed by atoms with Gasteiger partial charge in [0.15, 0.2) is 22.2 Å². The van der Waals surface area contributed by atoms with Gasteiger partial charge in [0.2, 0.25) is 0 Å². The maximum atomic E-state index is 11.5. The Kier molecular flexibility index (Phi) is 9.00. The van der Waals surface area contributed by atoms with Crippen molar-refractivity contribution in [2.75, 3.05) is 34.5 Å². The Morgan fingerprint density at radius 2 is 1.13 bits per heavy atom. The zero-order valence-electron chi connectivity index (χ0n) is 17.4. The minimum atomic E-state index is -1.69. The summed E-state index contributed by atoms with van der Waals surface area (Å²) in [5.41, 5.74) is 0.187. The quantitative estimate of drug-likeness (QED) is 0.176. The lowest BCUT2D eigenvalue weighted by Crippen LogP contribution is -2.36. The van der Waals surface area contributed by atoms with E-state index in [9.17, 15) is 17.5 Å². The Hall–Kier alpha value is 1.62. The van der Waals surface area contributed by atoms with Gasteiger partial charge in [0, 0.05) is 23.0 Å². The molecule has 0 spiro atoms. The molecule has 4 bridgehead atoms. The fourth-order valence-electron chi connectivity index (χ4n) is 6.90. The highest BCUT2D eigenvalue weighted by atomic mass is 33.1. The van der Waals surface area contributed by atoms with Crippen molar-refractivity contribution in [2.45, 2.75) is 51.4 Å². The molecule has 0 saturated heterocycles. The molecule has 0 aromatic heterocycles. The largest absolute Gasteiger partial charge is 0.306 e. The maximum absolute atomic E-state index is 11.5. The summed E-state index contributed by atoms with van der Waals surface area (Å²) >= 11 is -3.38. The molecule has 0 aromatic rings. The Morgan fingerprint density at radius 3 is 1.43 bits per heavy atom. The zero-order chi connectivity index (χ0) is 21.2. The van der Waals surface area contributed by atoms with E-state index in [0.29, 0.717) is 23.3 Å². The first-order valence-corrected chi connectivity index (χ1v) is 18.6. The number of rotatable bonds is 13. The second kappa shape index (κ2) is 10.9. The lowest BCUT2D eigenvalue weighted by atomic mass is 9.76. The predicted molar refractivity (Wildman–Crippen MR) is 137 cm³/mol. The van der Waals surface area contributed by atoms with Gasteiger partial charge in [-0.1, -0.05) is 56.0 Å². The first-order chi connectivity index (χ1) is 14.4. The van der Waals surface area contributed by atoms with E-state index in [2.05, 4.69) is 0 Å². The maximum Gasteiger partial charge on any atom is 0.153 e. The van der Waals surface area contributed by atoms with Crippen LogP contribution in [-0.2, 0) is 22.2 Å². The van der Waals surface area contributed by atoms with Crippen molar-refractivity contribution in [3.05, 3.63) is 0 Å². The van der Waals surface area contributed by atoms with Crippen LogP contribution in [0.4, 0.5) is 0 Å². The molecule has 4 saturated carbocycles. The molecule has 2 N–H and O–H groups in total. The van der Waals surface area contributed by atoms with Crippen LogP contribution in [-0.4, -0.2) is 52.0 Å². The topological polar surface area (TPSA) is 74.6 Å². The Bertz CT molecular complexity index is 597. The van der Waals surface area contributed by atoms with Crippen molar-refractivity contribution in [2.24, 2.45) is 34.5 Å². The van der Waals surface area contributed by atoms with Gasteiger partial charge in [-0.05, 0) is 73.0 Å². The molecule has 0 heterocycles. The molecule has 4 aliphatic rings. The lowest BCUT2D eigenvalue weighted by Gasteiger charge is -2.36. The van der Waals surface area contributed by atoms with Crippen LogP contribution in [0.2, 0.25) is 0 Å². The number of fused-ring (bicyclic) bond motifs is 4. The summed E-state index contributed by atoms with van der Waals surface area (Å²) in [5.74, 6) is 8.02. The van der Waals surface area contributed by atoms with E-state index in [4.69, 9.17) is 0 Å². The third kappa shape index (κ3) is 5.81. The van der Waals surface area contributed by atoms with Crippen molar-refractivity contribution in [3.63, 3.8) is 0 Å². The average Bonchev–Trinajstić information content (AvgIpc) is 3.43. The van der Waals surface area contributed by atoms with Crippen LogP contribution in [0.5, 0.6) is 0 Å². The van der Waals surface area contributed by atoms with Crippen LogP contribution >= 0.6 is 43.2 Å². The fourth-order valence-corrected chi connectivity index (χ4v) is 15.2. The molecular weight excluding hydrogens is 497 g/mol. The third-order valence-corrected chi connectivity index (χ3v) is 15.2. The normalized spacial score (nSPS) is 41.5. The smallest absolute Gasteiger partial charge is 0.153 e. The number of hydrogen-bond acceptors (Lipinski definition) is 6. The first-order valence-electron chi connectivity index (χ1n) is 11.0. The highest BCUT2D eigenvalue weighted by Crippen LogP contribution is 2.59. The summed E-state index contributed by atoms with van der Waals surface area (Å²) in [6.07, 6.45) is 10.0. The molecule has 3 unspecified atom stereocenters. The minimum absolute atomic E-state index is 0.0935. The van der Waals surface area contributed by atoms with E-state index in [0.717, 1.165) is 47.7 Å². The van der Waals surface area contributed by atoms with Crippen LogP contribution in [0, 0.1) is 34.5 Å². The summed E-state index contributed by atoms with van der Waals surface area (Å²) in [6.45, 7) is 0. The van der Waals surface area contributed by atoms with E-state index in [-0.39, 0.29) is 10.8 Å². The van der Waals surface area contributed by atoms with Gasteiger partial charge in [0.05, 0.1) is 11.5 Å². The van der Waals surface area contributed by atoms with Gasteiger partial charge in [-0.2, -0.15) is 0 Å². The van der Waals surface area contributed by atoms with E-state index >= 15 is 0 Å². The molecule has 0 radical (unpaired) electrons. The molecule has 8 atom stereocenters. The van der Waals surface area contributed by atoms with Crippen LogP contribution in [0.1, 0.15) is 51.4 Å². The Balaban J connectivity index is 1.13. The highest BCUT2D eigenvalue weighted by Gasteiger charge is 2.52. The van der Waals surface area contributed by atoms with Crippen molar-refractivity contribution < 1.29 is 17.5 Å². The SMILES string of the molecule is O=S(O)C[C@]1(CSSCCSSC[C@@]2(CS(=O)O)C[C@@H]3CC[C@H]2C3)CC2CC[C@H]1C2. The van der Waals surface area contributed by atoms with Crippen LogP contribution in [0.25, 0.3) is 0 Å². The molecule has 174 valence electrons. The van der Waals surface area contributed by atoms with Gasteiger partial charge in [-0.25, -0.2) is 8.42 Å². The highest BCUT2D eigenvalue weighted by molar-refractivity contribution is 8.78. The van der Waals surface area contributed by atoms with Gasteiger partial charge >= 0.3 is 0 Å². The monoisotopic (exact) mass is 530 g/mol. The fraction of sp³-hybridized carbons (Fsp3) is 1.00. The van der Waals surface area contributed by atoms with Gasteiger partial charge in [0.1, 0.15) is 0 Å². The van der Waals surface area contributed by atoms with E-state index in [1.807, 2.05) is 43.2 Å². The van der Waals surface area contributed by atoms with E-state index in [1.165, 1.54) is 38.5 Å². The standard InChI is InChI=1S/C20H34O4S6/c21-29(22)13-19(9-15-1-3-17(19)7-15)11-27-25-5-6-26-28-12-20(14-30(23)24)10-16-2-4-18(20)8-16/h15-18H,1-14H2,(H,21,22)(H,23,24)/t15-,16?,17+,18+,19-,20-/m1/s1. The van der Waals surface area contributed by atoms with Crippen LogP contribution in [0.3, 0.4) is 0 Å². The molecule has 0 aliphatic heterocycles. The molecule has 4 rings (SSSR count). The first kappa shape index (κ1) is 24.7. The van der Waals surface area contributed by atoms with Crippen molar-refractivity contribution >= 4 is 65.3 Å². The molecule has 4 nitrogen and oxygen atoms in total. The predicted octanol–water partition coefficient (Wildman–Crippen LogP) is 5.81. The van der Waals surface area contributed by atoms with Gasteiger partial charge in [-0.3, -0.25) is 0 Å². The van der Waals surface area contributed by atoms with Crippen LogP contribution < -0.4 is 0 Å². The Morgan fingerprint density at radius 1 is 0.700 bits per heavy atom. The lowest BCUT2D eigenvalue weighted by molar-refractivity contribution is 0.226. The molecule has 4 fully saturated rings. The summed E-state index contributed by atoms with van der Waals surface area (Å²) < 4.78 is 42.1. The van der Waals surface area contributed by atoms with E-state index < -0.39 is 22.2 Å². The average molecular weight is 531 g/mol. The molecular formula is C20H34O4S6. The summed E-state index contributed by atoms with van der Waals surface area (Å²) in [4.78, 5) is 0. The molecule has 10 heteroatoms. The van der Waals surface area contributed by atoms with Crippen molar-refractivity contribution in [3.8, 4) is 0 Å².